The van der Waals surface area contributed by atoms with Gasteiger partial charge in [-0.05, 0) is 38.8 Å². The third-order valence-electron chi connectivity index (χ3n) is 4.24. The molecule has 2 rings (SSSR count). The van der Waals surface area contributed by atoms with Gasteiger partial charge in [-0.15, -0.1) is 0 Å². The smallest absolute Gasteiger partial charge is 0.191 e. The quantitative estimate of drug-likeness (QED) is 0.429. The van der Waals surface area contributed by atoms with E-state index in [0.717, 1.165) is 56.5 Å². The van der Waals surface area contributed by atoms with Crippen molar-refractivity contribution < 1.29 is 9.47 Å². The average molecular weight is 348 g/mol. The maximum atomic E-state index is 5.56. The molecule has 1 fully saturated rings. The van der Waals surface area contributed by atoms with Gasteiger partial charge in [-0.3, -0.25) is 4.99 Å². The molecule has 0 saturated carbocycles. The fraction of sp³-hybridized carbons (Fsp3) is 0.632. The van der Waals surface area contributed by atoms with Gasteiger partial charge in [0.2, 0.25) is 0 Å². The molecular formula is C19H32N4O2. The lowest BCUT2D eigenvalue weighted by molar-refractivity contribution is 0.0776. The van der Waals surface area contributed by atoms with E-state index in [1.54, 1.807) is 7.11 Å². The molecule has 0 aromatic heterocycles. The first kappa shape index (κ1) is 19.4. The molecule has 1 aromatic carbocycles. The maximum Gasteiger partial charge on any atom is 0.191 e. The second-order valence-corrected chi connectivity index (χ2v) is 6.52. The van der Waals surface area contributed by atoms with E-state index in [0.29, 0.717) is 6.04 Å². The number of rotatable bonds is 8. The first-order chi connectivity index (χ1) is 12.1. The third kappa shape index (κ3) is 6.12. The summed E-state index contributed by atoms with van der Waals surface area (Å²) >= 11 is 0. The van der Waals surface area contributed by atoms with Crippen molar-refractivity contribution >= 4 is 11.6 Å². The molecule has 0 spiro atoms. The molecule has 1 aliphatic rings. The summed E-state index contributed by atoms with van der Waals surface area (Å²) in [5.41, 5.74) is 1.16. The highest BCUT2D eigenvalue weighted by Gasteiger charge is 2.25. The lowest BCUT2D eigenvalue weighted by Crippen LogP contribution is -2.45. The van der Waals surface area contributed by atoms with Gasteiger partial charge in [0, 0.05) is 39.3 Å². The molecule has 2 N–H and O–H groups in total. The summed E-state index contributed by atoms with van der Waals surface area (Å²) in [6, 6.07) is 8.56. The Morgan fingerprint density at radius 1 is 1.36 bits per heavy atom. The van der Waals surface area contributed by atoms with Crippen molar-refractivity contribution in [1.29, 1.82) is 0 Å². The number of nitrogens with zero attached hydrogens (tertiary/aromatic N) is 2. The Bertz CT molecular complexity index is 548. The lowest BCUT2D eigenvalue weighted by atomic mass is 10.2. The number of hydrogen-bond acceptors (Lipinski definition) is 4. The lowest BCUT2D eigenvalue weighted by Gasteiger charge is -2.22. The van der Waals surface area contributed by atoms with Crippen molar-refractivity contribution in [1.82, 2.24) is 10.6 Å². The minimum Gasteiger partial charge on any atom is -0.495 e. The van der Waals surface area contributed by atoms with E-state index in [1.807, 2.05) is 19.2 Å². The summed E-state index contributed by atoms with van der Waals surface area (Å²) in [6.07, 6.45) is 2.34. The standard InChI is InChI=1S/C19H32N4O2/c1-15(2)25-13-7-11-21-19(20-3)22-16-10-12-23(14-16)17-8-5-6-9-18(17)24-4/h5-6,8-9,15-16H,7,10-14H2,1-4H3,(H2,20,21,22). The van der Waals surface area contributed by atoms with Crippen molar-refractivity contribution in [3.8, 4) is 5.75 Å². The number of methoxy groups -OCH3 is 1. The molecule has 140 valence electrons. The number of guanidine groups is 1. The highest BCUT2D eigenvalue weighted by molar-refractivity contribution is 5.80. The number of anilines is 1. The van der Waals surface area contributed by atoms with Crippen LogP contribution < -0.4 is 20.3 Å². The van der Waals surface area contributed by atoms with Crippen LogP contribution in [0.5, 0.6) is 5.75 Å². The fourth-order valence-corrected chi connectivity index (χ4v) is 2.97. The molecule has 0 amide bonds. The van der Waals surface area contributed by atoms with Crippen LogP contribution in [0.1, 0.15) is 26.7 Å². The summed E-state index contributed by atoms with van der Waals surface area (Å²) in [7, 11) is 3.53. The van der Waals surface area contributed by atoms with Gasteiger partial charge in [0.15, 0.2) is 5.96 Å². The largest absolute Gasteiger partial charge is 0.495 e. The van der Waals surface area contributed by atoms with E-state index in [1.165, 1.54) is 0 Å². The van der Waals surface area contributed by atoms with Gasteiger partial charge in [-0.25, -0.2) is 0 Å². The van der Waals surface area contributed by atoms with E-state index < -0.39 is 0 Å². The predicted molar refractivity (Wildman–Crippen MR) is 104 cm³/mol. The first-order valence-electron chi connectivity index (χ1n) is 9.10. The highest BCUT2D eigenvalue weighted by atomic mass is 16.5. The zero-order valence-electron chi connectivity index (χ0n) is 15.9. The van der Waals surface area contributed by atoms with Crippen molar-refractivity contribution in [3.63, 3.8) is 0 Å². The minimum absolute atomic E-state index is 0.289. The number of benzene rings is 1. The van der Waals surface area contributed by atoms with Crippen LogP contribution in [0.3, 0.4) is 0 Å². The molecule has 0 bridgehead atoms. The zero-order valence-corrected chi connectivity index (χ0v) is 15.9. The average Bonchev–Trinajstić information content (AvgIpc) is 3.08. The SMILES string of the molecule is CN=C(NCCCOC(C)C)NC1CCN(c2ccccc2OC)C1. The van der Waals surface area contributed by atoms with Gasteiger partial charge in [-0.1, -0.05) is 12.1 Å². The Hall–Kier alpha value is -1.95. The molecule has 1 saturated heterocycles. The normalized spacial score (nSPS) is 17.9. The third-order valence-corrected chi connectivity index (χ3v) is 4.24. The van der Waals surface area contributed by atoms with E-state index in [2.05, 4.69) is 46.5 Å². The Kier molecular flexibility index (Phi) is 7.85. The molecule has 25 heavy (non-hydrogen) atoms. The molecule has 0 aliphatic carbocycles. The molecule has 1 atom stereocenters. The molecular weight excluding hydrogens is 316 g/mol. The van der Waals surface area contributed by atoms with Crippen LogP contribution in [-0.4, -0.2) is 58.5 Å². The van der Waals surface area contributed by atoms with Crippen LogP contribution in [-0.2, 0) is 4.74 Å². The second-order valence-electron chi connectivity index (χ2n) is 6.52. The topological polar surface area (TPSA) is 58.1 Å². The van der Waals surface area contributed by atoms with Crippen molar-refractivity contribution in [3.05, 3.63) is 24.3 Å². The Morgan fingerprint density at radius 3 is 2.88 bits per heavy atom. The van der Waals surface area contributed by atoms with Gasteiger partial charge in [0.25, 0.3) is 0 Å². The van der Waals surface area contributed by atoms with E-state index in [-0.39, 0.29) is 6.10 Å². The summed E-state index contributed by atoms with van der Waals surface area (Å²) in [5.74, 6) is 1.78. The highest BCUT2D eigenvalue weighted by Crippen LogP contribution is 2.30. The summed E-state index contributed by atoms with van der Waals surface area (Å²) in [5, 5.41) is 6.88. The first-order valence-corrected chi connectivity index (χ1v) is 9.10. The molecule has 1 aromatic rings. The monoisotopic (exact) mass is 348 g/mol. The Labute approximate surface area is 151 Å². The Morgan fingerprint density at radius 2 is 2.16 bits per heavy atom. The fourth-order valence-electron chi connectivity index (χ4n) is 2.97. The van der Waals surface area contributed by atoms with Gasteiger partial charge in [0.05, 0.1) is 18.9 Å². The summed E-state index contributed by atoms with van der Waals surface area (Å²) < 4.78 is 11.0. The molecule has 6 heteroatoms. The van der Waals surface area contributed by atoms with Gasteiger partial charge < -0.3 is 25.0 Å². The molecule has 1 unspecified atom stereocenters. The van der Waals surface area contributed by atoms with Crippen LogP contribution in [0.15, 0.2) is 29.3 Å². The van der Waals surface area contributed by atoms with Crippen LogP contribution >= 0.6 is 0 Å². The predicted octanol–water partition coefficient (Wildman–Crippen LogP) is 2.25. The van der Waals surface area contributed by atoms with Crippen molar-refractivity contribution in [2.45, 2.75) is 38.8 Å². The summed E-state index contributed by atoms with van der Waals surface area (Å²) in [6.45, 7) is 7.69. The van der Waals surface area contributed by atoms with Gasteiger partial charge in [-0.2, -0.15) is 0 Å². The summed E-state index contributed by atoms with van der Waals surface area (Å²) in [4.78, 5) is 6.69. The number of para-hydroxylation sites is 2. The van der Waals surface area contributed by atoms with Crippen LogP contribution in [0.25, 0.3) is 0 Å². The van der Waals surface area contributed by atoms with Gasteiger partial charge in [0.1, 0.15) is 5.75 Å². The van der Waals surface area contributed by atoms with E-state index in [4.69, 9.17) is 9.47 Å². The van der Waals surface area contributed by atoms with E-state index in [9.17, 15) is 0 Å². The number of nitrogens with one attached hydrogen (secondary N) is 2. The second kappa shape index (κ2) is 10.1. The zero-order chi connectivity index (χ0) is 18.1. The minimum atomic E-state index is 0.289. The molecule has 0 radical (unpaired) electrons. The maximum absolute atomic E-state index is 5.56. The van der Waals surface area contributed by atoms with Crippen molar-refractivity contribution in [2.24, 2.45) is 4.99 Å². The van der Waals surface area contributed by atoms with Crippen LogP contribution in [0, 0.1) is 0 Å². The van der Waals surface area contributed by atoms with E-state index >= 15 is 0 Å². The van der Waals surface area contributed by atoms with Gasteiger partial charge >= 0.3 is 0 Å². The Balaban J connectivity index is 1.77. The van der Waals surface area contributed by atoms with Crippen LogP contribution in [0.4, 0.5) is 5.69 Å². The molecule has 6 nitrogen and oxygen atoms in total. The van der Waals surface area contributed by atoms with Crippen molar-refractivity contribution in [2.75, 3.05) is 45.3 Å². The molecule has 1 heterocycles. The number of ether oxygens (including phenoxy) is 2. The van der Waals surface area contributed by atoms with Crippen LogP contribution in [0.2, 0.25) is 0 Å². The number of hydrogen-bond donors (Lipinski definition) is 2. The molecule has 1 aliphatic heterocycles. The number of aliphatic imine (C=N–C) groups is 1.